The quantitative estimate of drug-likeness (QED) is 0.321. The summed E-state index contributed by atoms with van der Waals surface area (Å²) in [6.45, 7) is 1.54. The number of nitro groups is 1. The Morgan fingerprint density at radius 2 is 2.18 bits per heavy atom. The molecule has 0 aliphatic heterocycles. The number of nitro benzene ring substituents is 1. The predicted octanol–water partition coefficient (Wildman–Crippen LogP) is 1.57. The Kier molecular flexibility index (Phi) is 3.78. The van der Waals surface area contributed by atoms with E-state index in [1.54, 1.807) is 0 Å². The first-order chi connectivity index (χ1) is 7.95. The molecule has 1 aromatic rings. The maximum absolute atomic E-state index is 13.3. The number of aryl methyl sites for hydroxylation is 1. The van der Waals surface area contributed by atoms with Gasteiger partial charge in [-0.2, -0.15) is 4.39 Å². The molecule has 17 heavy (non-hydrogen) atoms. The van der Waals surface area contributed by atoms with E-state index in [4.69, 9.17) is 0 Å². The van der Waals surface area contributed by atoms with Gasteiger partial charge < -0.3 is 4.74 Å². The third kappa shape index (κ3) is 3.01. The smallest absolute Gasteiger partial charge is 0.384 e. The molecule has 6 heteroatoms. The van der Waals surface area contributed by atoms with E-state index in [2.05, 4.69) is 16.6 Å². The molecule has 0 fully saturated rings. The van der Waals surface area contributed by atoms with E-state index in [1.807, 2.05) is 0 Å². The molecule has 5 nitrogen and oxygen atoms in total. The van der Waals surface area contributed by atoms with E-state index in [-0.39, 0.29) is 5.56 Å². The average Bonchev–Trinajstić information content (AvgIpc) is 2.28. The van der Waals surface area contributed by atoms with Crippen LogP contribution in [0.25, 0.3) is 0 Å². The van der Waals surface area contributed by atoms with Gasteiger partial charge in [-0.3, -0.25) is 10.1 Å². The van der Waals surface area contributed by atoms with E-state index < -0.39 is 22.4 Å². The lowest BCUT2D eigenvalue weighted by Gasteiger charge is -1.99. The molecule has 0 unspecified atom stereocenters. The van der Waals surface area contributed by atoms with E-state index in [9.17, 15) is 19.3 Å². The number of nitrogens with zero attached hydrogens (tertiary/aromatic N) is 1. The van der Waals surface area contributed by atoms with Gasteiger partial charge in [0.1, 0.15) is 0 Å². The SMILES string of the molecule is COC(=O)C#Cc1cc(F)c([N+](=O)[O-])cc1C. The number of hydrogen-bond donors (Lipinski definition) is 0. The topological polar surface area (TPSA) is 69.4 Å². The van der Waals surface area contributed by atoms with Crippen molar-refractivity contribution in [3.63, 3.8) is 0 Å². The van der Waals surface area contributed by atoms with Gasteiger partial charge in [-0.25, -0.2) is 4.79 Å². The molecule has 0 aliphatic rings. The third-order valence-corrected chi connectivity index (χ3v) is 1.98. The van der Waals surface area contributed by atoms with Crippen molar-refractivity contribution in [1.82, 2.24) is 0 Å². The molecule has 0 amide bonds. The maximum atomic E-state index is 13.3. The number of carbonyl (C=O) groups excluding carboxylic acids is 1. The van der Waals surface area contributed by atoms with Gasteiger partial charge in [0.15, 0.2) is 0 Å². The zero-order valence-electron chi connectivity index (χ0n) is 9.11. The van der Waals surface area contributed by atoms with Crippen molar-refractivity contribution in [2.45, 2.75) is 6.92 Å². The summed E-state index contributed by atoms with van der Waals surface area (Å²) in [5, 5.41) is 10.5. The summed E-state index contributed by atoms with van der Waals surface area (Å²) in [6, 6.07) is 1.99. The normalized spacial score (nSPS) is 9.12. The molecule has 0 aromatic heterocycles. The Hall–Kier alpha value is -2.42. The summed E-state index contributed by atoms with van der Waals surface area (Å²) in [7, 11) is 1.17. The molecular weight excluding hydrogens is 229 g/mol. The summed E-state index contributed by atoms with van der Waals surface area (Å²) in [4.78, 5) is 20.4. The van der Waals surface area contributed by atoms with E-state index in [0.29, 0.717) is 5.56 Å². The van der Waals surface area contributed by atoms with Crippen LogP contribution in [-0.4, -0.2) is 18.0 Å². The van der Waals surface area contributed by atoms with Gasteiger partial charge in [0.25, 0.3) is 0 Å². The van der Waals surface area contributed by atoms with Gasteiger partial charge in [-0.05, 0) is 18.6 Å². The lowest BCUT2D eigenvalue weighted by molar-refractivity contribution is -0.387. The second kappa shape index (κ2) is 5.07. The molecular formula is C11H8FNO4. The van der Waals surface area contributed by atoms with Crippen LogP contribution in [0, 0.1) is 34.7 Å². The van der Waals surface area contributed by atoms with Crippen LogP contribution in [-0.2, 0) is 9.53 Å². The Bertz CT molecular complexity index is 542. The Morgan fingerprint density at radius 3 is 2.71 bits per heavy atom. The second-order valence-corrected chi connectivity index (χ2v) is 3.12. The van der Waals surface area contributed by atoms with E-state index >= 15 is 0 Å². The lowest BCUT2D eigenvalue weighted by Crippen LogP contribution is -1.97. The van der Waals surface area contributed by atoms with Crippen LogP contribution in [0.3, 0.4) is 0 Å². The number of carbonyl (C=O) groups is 1. The molecule has 0 heterocycles. The van der Waals surface area contributed by atoms with Crippen molar-refractivity contribution in [2.24, 2.45) is 0 Å². The first-order valence-corrected chi connectivity index (χ1v) is 4.50. The molecule has 0 aliphatic carbocycles. The van der Waals surface area contributed by atoms with Crippen LogP contribution < -0.4 is 0 Å². The highest BCUT2D eigenvalue weighted by atomic mass is 19.1. The van der Waals surface area contributed by atoms with Gasteiger partial charge in [0, 0.05) is 17.6 Å². The second-order valence-electron chi connectivity index (χ2n) is 3.12. The first kappa shape index (κ1) is 12.6. The third-order valence-electron chi connectivity index (χ3n) is 1.98. The molecule has 88 valence electrons. The van der Waals surface area contributed by atoms with Crippen molar-refractivity contribution in [1.29, 1.82) is 0 Å². The zero-order chi connectivity index (χ0) is 13.0. The summed E-state index contributed by atoms with van der Waals surface area (Å²) in [5.41, 5.74) is -0.000814. The Balaban J connectivity index is 3.19. The number of benzene rings is 1. The standard InChI is InChI=1S/C11H8FNO4/c1-7-5-10(13(15)16)9(12)6-8(7)3-4-11(14)17-2/h5-6H,1-2H3. The Morgan fingerprint density at radius 1 is 1.53 bits per heavy atom. The van der Waals surface area contributed by atoms with Crippen LogP contribution in [0.5, 0.6) is 0 Å². The number of methoxy groups -OCH3 is 1. The summed E-state index contributed by atoms with van der Waals surface area (Å²) < 4.78 is 17.6. The monoisotopic (exact) mass is 237 g/mol. The molecule has 1 rings (SSSR count). The van der Waals surface area contributed by atoms with Crippen LogP contribution >= 0.6 is 0 Å². The first-order valence-electron chi connectivity index (χ1n) is 4.50. The van der Waals surface area contributed by atoms with Gasteiger partial charge in [-0.1, -0.05) is 5.92 Å². The lowest BCUT2D eigenvalue weighted by atomic mass is 10.1. The molecule has 0 bridgehead atoms. The molecule has 0 saturated heterocycles. The van der Waals surface area contributed by atoms with E-state index in [1.165, 1.54) is 14.0 Å². The van der Waals surface area contributed by atoms with Crippen molar-refractivity contribution in [2.75, 3.05) is 7.11 Å². The van der Waals surface area contributed by atoms with Gasteiger partial charge >= 0.3 is 11.7 Å². The van der Waals surface area contributed by atoms with E-state index in [0.717, 1.165) is 12.1 Å². The number of hydrogen-bond acceptors (Lipinski definition) is 4. The molecule has 0 N–H and O–H groups in total. The van der Waals surface area contributed by atoms with Crippen LogP contribution in [0.2, 0.25) is 0 Å². The number of rotatable bonds is 1. The van der Waals surface area contributed by atoms with Crippen molar-refractivity contribution >= 4 is 11.7 Å². The van der Waals surface area contributed by atoms with Crippen molar-refractivity contribution in [3.8, 4) is 11.8 Å². The summed E-state index contributed by atoms with van der Waals surface area (Å²) in [6.07, 6.45) is 0. The molecule has 0 saturated carbocycles. The van der Waals surface area contributed by atoms with Gasteiger partial charge in [-0.15, -0.1) is 0 Å². The fraction of sp³-hybridized carbons (Fsp3) is 0.182. The minimum Gasteiger partial charge on any atom is -0.459 e. The molecule has 0 spiro atoms. The molecule has 0 radical (unpaired) electrons. The number of esters is 1. The zero-order valence-corrected chi connectivity index (χ0v) is 9.11. The fourth-order valence-electron chi connectivity index (χ4n) is 1.11. The predicted molar refractivity (Wildman–Crippen MR) is 56.7 cm³/mol. The number of halogens is 1. The van der Waals surface area contributed by atoms with Gasteiger partial charge in [0.2, 0.25) is 5.82 Å². The van der Waals surface area contributed by atoms with Crippen molar-refractivity contribution in [3.05, 3.63) is 39.2 Å². The molecule has 1 aromatic carbocycles. The van der Waals surface area contributed by atoms with Crippen molar-refractivity contribution < 1.29 is 18.8 Å². The largest absolute Gasteiger partial charge is 0.459 e. The number of ether oxygens (including phenoxy) is 1. The van der Waals surface area contributed by atoms with Crippen LogP contribution in [0.4, 0.5) is 10.1 Å². The highest BCUT2D eigenvalue weighted by molar-refractivity contribution is 5.89. The highest BCUT2D eigenvalue weighted by Gasteiger charge is 2.15. The van der Waals surface area contributed by atoms with Crippen LogP contribution in [0.1, 0.15) is 11.1 Å². The molecule has 0 atom stereocenters. The fourth-order valence-corrected chi connectivity index (χ4v) is 1.11. The Labute approximate surface area is 96.3 Å². The maximum Gasteiger partial charge on any atom is 0.384 e. The van der Waals surface area contributed by atoms with Gasteiger partial charge in [0.05, 0.1) is 12.0 Å². The van der Waals surface area contributed by atoms with Crippen LogP contribution in [0.15, 0.2) is 12.1 Å². The summed E-state index contributed by atoms with van der Waals surface area (Å²) >= 11 is 0. The minimum absolute atomic E-state index is 0.207. The highest BCUT2D eigenvalue weighted by Crippen LogP contribution is 2.21. The minimum atomic E-state index is -0.991. The summed E-state index contributed by atoms with van der Waals surface area (Å²) in [5.74, 6) is 2.75. The average molecular weight is 237 g/mol.